The van der Waals surface area contributed by atoms with Crippen LogP contribution in [0.2, 0.25) is 0 Å². The minimum absolute atomic E-state index is 0.0110. The number of nitrogens with one attached hydrogen (secondary N) is 1. The zero-order chi connectivity index (χ0) is 20.4. The van der Waals surface area contributed by atoms with Crippen molar-refractivity contribution in [3.05, 3.63) is 29.1 Å². The van der Waals surface area contributed by atoms with Crippen molar-refractivity contribution in [2.24, 2.45) is 5.92 Å². The van der Waals surface area contributed by atoms with Gasteiger partial charge in [-0.25, -0.2) is 4.98 Å². The highest BCUT2D eigenvalue weighted by molar-refractivity contribution is 7.14. The molecule has 7 heteroatoms. The summed E-state index contributed by atoms with van der Waals surface area (Å²) in [5.41, 5.74) is 4.06. The fourth-order valence-corrected chi connectivity index (χ4v) is 5.00. The Morgan fingerprint density at radius 2 is 2.21 bits per heavy atom. The molecule has 2 atom stereocenters. The van der Waals surface area contributed by atoms with Crippen molar-refractivity contribution in [1.29, 1.82) is 0 Å². The van der Waals surface area contributed by atoms with Gasteiger partial charge in [0.1, 0.15) is 0 Å². The van der Waals surface area contributed by atoms with Gasteiger partial charge in [-0.1, -0.05) is 19.4 Å². The quantitative estimate of drug-likeness (QED) is 0.795. The summed E-state index contributed by atoms with van der Waals surface area (Å²) in [7, 11) is 1.71. The Morgan fingerprint density at radius 1 is 1.34 bits per heavy atom. The molecule has 0 bridgehead atoms. The number of anilines is 2. The first-order chi connectivity index (χ1) is 14.1. The molecule has 2 aromatic rings. The first-order valence-corrected chi connectivity index (χ1v) is 11.2. The smallest absolute Gasteiger partial charge is 0.229 e. The average Bonchev–Trinajstić information content (AvgIpc) is 3.39. The molecule has 1 saturated carbocycles. The Balaban J connectivity index is 1.44. The van der Waals surface area contributed by atoms with Crippen molar-refractivity contribution in [2.45, 2.75) is 51.6 Å². The zero-order valence-corrected chi connectivity index (χ0v) is 17.8. The van der Waals surface area contributed by atoms with E-state index >= 15 is 0 Å². The maximum Gasteiger partial charge on any atom is 0.229 e. The third-order valence-electron chi connectivity index (χ3n) is 5.94. The second-order valence-corrected chi connectivity index (χ2v) is 8.60. The molecule has 4 rings (SSSR count). The molecule has 2 amide bonds. The van der Waals surface area contributed by atoms with Crippen LogP contribution in [0.3, 0.4) is 0 Å². The predicted molar refractivity (Wildman–Crippen MR) is 115 cm³/mol. The Bertz CT molecular complexity index is 910. The molecule has 29 heavy (non-hydrogen) atoms. The molecule has 0 spiro atoms. The van der Waals surface area contributed by atoms with Gasteiger partial charge in [-0.05, 0) is 43.4 Å². The van der Waals surface area contributed by atoms with Crippen LogP contribution in [0.4, 0.5) is 10.8 Å². The number of carbonyl (C=O) groups is 2. The highest BCUT2D eigenvalue weighted by Crippen LogP contribution is 2.34. The van der Waals surface area contributed by atoms with Crippen molar-refractivity contribution in [3.63, 3.8) is 0 Å². The standard InChI is InChI=1S/C22H27N3O3S/c1-3-20(26)25-10-9-15-11-14(7-8-19(15)25)18-13-29-22(23-18)24-21(27)16-5-4-6-17(12-16)28-2/h7-8,11,13,16-17H,3-6,9-10,12H2,1-2H3,(H,23,24,27)/t16-,17+/m0/s1. The van der Waals surface area contributed by atoms with Gasteiger partial charge in [0.15, 0.2) is 5.13 Å². The van der Waals surface area contributed by atoms with E-state index in [1.807, 2.05) is 29.3 Å². The summed E-state index contributed by atoms with van der Waals surface area (Å²) in [5.74, 6) is 0.187. The summed E-state index contributed by atoms with van der Waals surface area (Å²) in [6.45, 7) is 2.64. The fraction of sp³-hybridized carbons (Fsp3) is 0.500. The van der Waals surface area contributed by atoms with Crippen LogP contribution in [0, 0.1) is 5.92 Å². The average molecular weight is 414 g/mol. The van der Waals surface area contributed by atoms with Crippen LogP contribution in [-0.4, -0.2) is 36.6 Å². The third kappa shape index (κ3) is 4.21. The molecule has 1 aromatic carbocycles. The van der Waals surface area contributed by atoms with Gasteiger partial charge in [-0.15, -0.1) is 11.3 Å². The lowest BCUT2D eigenvalue weighted by Gasteiger charge is -2.26. The van der Waals surface area contributed by atoms with Crippen LogP contribution in [0.5, 0.6) is 0 Å². The SMILES string of the molecule is CCC(=O)N1CCc2cc(-c3csc(NC(=O)[C@H]4CCC[C@@H](OC)C4)n3)ccc21. The number of benzene rings is 1. The lowest BCUT2D eigenvalue weighted by Crippen LogP contribution is -2.30. The molecular formula is C22H27N3O3S. The molecule has 1 N–H and O–H groups in total. The Hall–Kier alpha value is -2.25. The molecule has 6 nitrogen and oxygen atoms in total. The number of hydrogen-bond donors (Lipinski definition) is 1. The van der Waals surface area contributed by atoms with Crippen molar-refractivity contribution in [3.8, 4) is 11.3 Å². The van der Waals surface area contributed by atoms with Gasteiger partial charge in [0, 0.05) is 42.6 Å². The largest absolute Gasteiger partial charge is 0.381 e. The number of carbonyl (C=O) groups excluding carboxylic acids is 2. The van der Waals surface area contributed by atoms with Crippen molar-refractivity contribution in [1.82, 2.24) is 4.98 Å². The van der Waals surface area contributed by atoms with Gasteiger partial charge >= 0.3 is 0 Å². The van der Waals surface area contributed by atoms with E-state index in [9.17, 15) is 9.59 Å². The Labute approximate surface area is 175 Å². The molecular weight excluding hydrogens is 386 g/mol. The maximum atomic E-state index is 12.6. The first kappa shape index (κ1) is 20.0. The molecule has 154 valence electrons. The summed E-state index contributed by atoms with van der Waals surface area (Å²) >= 11 is 1.45. The molecule has 1 fully saturated rings. The van der Waals surface area contributed by atoms with Gasteiger partial charge in [0.2, 0.25) is 11.8 Å². The summed E-state index contributed by atoms with van der Waals surface area (Å²) in [5, 5.41) is 5.59. The maximum absolute atomic E-state index is 12.6. The van der Waals surface area contributed by atoms with Crippen molar-refractivity contribution < 1.29 is 14.3 Å². The molecule has 2 aliphatic rings. The van der Waals surface area contributed by atoms with Gasteiger partial charge in [-0.3, -0.25) is 9.59 Å². The van der Waals surface area contributed by atoms with Crippen LogP contribution >= 0.6 is 11.3 Å². The highest BCUT2D eigenvalue weighted by Gasteiger charge is 2.28. The van der Waals surface area contributed by atoms with E-state index in [2.05, 4.69) is 16.4 Å². The Morgan fingerprint density at radius 3 is 3.00 bits per heavy atom. The zero-order valence-electron chi connectivity index (χ0n) is 16.9. The molecule has 1 aliphatic carbocycles. The Kier molecular flexibility index (Phi) is 5.96. The fourth-order valence-electron chi connectivity index (χ4n) is 4.28. The highest BCUT2D eigenvalue weighted by atomic mass is 32.1. The van der Waals surface area contributed by atoms with Crippen LogP contribution in [-0.2, 0) is 20.7 Å². The first-order valence-electron chi connectivity index (χ1n) is 10.3. The van der Waals surface area contributed by atoms with E-state index in [0.717, 1.165) is 55.6 Å². The summed E-state index contributed by atoms with van der Waals surface area (Å²) in [4.78, 5) is 31.2. The van der Waals surface area contributed by atoms with Gasteiger partial charge in [0.05, 0.1) is 11.8 Å². The molecule has 0 saturated heterocycles. The molecule has 2 heterocycles. The summed E-state index contributed by atoms with van der Waals surface area (Å²) in [6.07, 6.45) is 5.29. The lowest BCUT2D eigenvalue weighted by atomic mass is 9.86. The molecule has 1 aliphatic heterocycles. The number of rotatable bonds is 5. The summed E-state index contributed by atoms with van der Waals surface area (Å²) < 4.78 is 5.43. The van der Waals surface area contributed by atoms with E-state index in [1.165, 1.54) is 16.9 Å². The number of thiazole rings is 1. The van der Waals surface area contributed by atoms with E-state index in [-0.39, 0.29) is 23.8 Å². The van der Waals surface area contributed by atoms with Crippen molar-refractivity contribution >= 4 is 34.0 Å². The number of ether oxygens (including phenoxy) is 1. The number of aromatic nitrogens is 1. The van der Waals surface area contributed by atoms with Gasteiger partial charge < -0.3 is 15.0 Å². The van der Waals surface area contributed by atoms with E-state index in [1.54, 1.807) is 7.11 Å². The summed E-state index contributed by atoms with van der Waals surface area (Å²) in [6, 6.07) is 6.13. The van der Waals surface area contributed by atoms with E-state index < -0.39 is 0 Å². The second kappa shape index (κ2) is 8.63. The molecule has 0 unspecified atom stereocenters. The van der Waals surface area contributed by atoms with Crippen LogP contribution in [0.15, 0.2) is 23.6 Å². The number of methoxy groups -OCH3 is 1. The van der Waals surface area contributed by atoms with Gasteiger partial charge in [0.25, 0.3) is 0 Å². The molecule has 1 aromatic heterocycles. The number of nitrogens with zero attached hydrogens (tertiary/aromatic N) is 2. The van der Waals surface area contributed by atoms with Crippen molar-refractivity contribution in [2.75, 3.05) is 23.9 Å². The predicted octanol–water partition coefficient (Wildman–Crippen LogP) is 4.25. The van der Waals surface area contributed by atoms with Gasteiger partial charge in [-0.2, -0.15) is 0 Å². The number of fused-ring (bicyclic) bond motifs is 1. The second-order valence-electron chi connectivity index (χ2n) is 7.74. The third-order valence-corrected chi connectivity index (χ3v) is 6.70. The minimum atomic E-state index is -0.0110. The lowest BCUT2D eigenvalue weighted by molar-refractivity contribution is -0.122. The minimum Gasteiger partial charge on any atom is -0.381 e. The number of hydrogen-bond acceptors (Lipinski definition) is 5. The van der Waals surface area contributed by atoms with E-state index in [4.69, 9.17) is 4.74 Å². The topological polar surface area (TPSA) is 71.5 Å². The van der Waals surface area contributed by atoms with Crippen LogP contribution in [0.25, 0.3) is 11.3 Å². The normalized spacial score (nSPS) is 21.1. The monoisotopic (exact) mass is 413 g/mol. The van der Waals surface area contributed by atoms with Crippen LogP contribution in [0.1, 0.15) is 44.6 Å². The number of amides is 2. The molecule has 0 radical (unpaired) electrons. The van der Waals surface area contributed by atoms with E-state index in [0.29, 0.717) is 11.6 Å². The van der Waals surface area contributed by atoms with Crippen LogP contribution < -0.4 is 10.2 Å².